The second-order valence-corrected chi connectivity index (χ2v) is 8.00. The third-order valence-electron chi connectivity index (χ3n) is 3.50. The van der Waals surface area contributed by atoms with Crippen molar-refractivity contribution in [1.82, 2.24) is 14.8 Å². The Morgan fingerprint density at radius 2 is 1.85 bits per heavy atom. The molecule has 0 saturated heterocycles. The predicted molar refractivity (Wildman–Crippen MR) is 104 cm³/mol. The number of anilines is 2. The lowest BCUT2D eigenvalue weighted by Gasteiger charge is -2.09. The molecule has 10 heteroatoms. The minimum atomic E-state index is -3.47. The first-order valence-electron chi connectivity index (χ1n) is 7.76. The summed E-state index contributed by atoms with van der Waals surface area (Å²) in [7, 11) is -1.82. The number of amides is 1. The number of hydrogen-bond acceptors (Lipinski definition) is 5. The summed E-state index contributed by atoms with van der Waals surface area (Å²) >= 11 is 6.01. The minimum absolute atomic E-state index is 0.250. The quantitative estimate of drug-likeness (QED) is 0.678. The van der Waals surface area contributed by atoms with Crippen LogP contribution < -0.4 is 10.0 Å². The first-order chi connectivity index (χ1) is 12.7. The van der Waals surface area contributed by atoms with Crippen molar-refractivity contribution in [3.8, 4) is 11.4 Å². The topological polar surface area (TPSA) is 106 Å². The van der Waals surface area contributed by atoms with Crippen LogP contribution in [-0.2, 0) is 17.1 Å². The van der Waals surface area contributed by atoms with Crippen molar-refractivity contribution in [1.29, 1.82) is 0 Å². The molecule has 140 valence electrons. The van der Waals surface area contributed by atoms with Crippen LogP contribution in [0.25, 0.3) is 11.4 Å². The fourth-order valence-corrected chi connectivity index (χ4v) is 3.23. The number of nitrogens with zero attached hydrogens (tertiary/aromatic N) is 3. The number of nitrogens with one attached hydrogen (secondary N) is 2. The summed E-state index contributed by atoms with van der Waals surface area (Å²) in [5.74, 6) is -0.417. The maximum absolute atomic E-state index is 12.6. The van der Waals surface area contributed by atoms with Gasteiger partial charge in [0, 0.05) is 24.0 Å². The fraction of sp³-hybridized carbons (Fsp3) is 0.118. The normalized spacial score (nSPS) is 11.2. The summed E-state index contributed by atoms with van der Waals surface area (Å²) in [6.07, 6.45) is 2.67. The molecule has 0 unspecified atom stereocenters. The molecule has 0 aliphatic carbocycles. The van der Waals surface area contributed by atoms with Crippen LogP contribution in [0.3, 0.4) is 0 Å². The average molecular weight is 406 g/mol. The largest absolute Gasteiger partial charge is 0.321 e. The van der Waals surface area contributed by atoms with Gasteiger partial charge >= 0.3 is 0 Å². The molecule has 27 heavy (non-hydrogen) atoms. The zero-order valence-electron chi connectivity index (χ0n) is 14.5. The van der Waals surface area contributed by atoms with Gasteiger partial charge in [0.2, 0.25) is 10.0 Å². The van der Waals surface area contributed by atoms with Gasteiger partial charge < -0.3 is 5.32 Å². The molecule has 0 aliphatic heterocycles. The van der Waals surface area contributed by atoms with Crippen molar-refractivity contribution in [2.75, 3.05) is 16.3 Å². The highest BCUT2D eigenvalue weighted by molar-refractivity contribution is 7.92. The zero-order chi connectivity index (χ0) is 19.6. The fourth-order valence-electron chi connectivity index (χ4n) is 2.45. The van der Waals surface area contributed by atoms with Crippen molar-refractivity contribution in [3.05, 3.63) is 59.4 Å². The Morgan fingerprint density at radius 1 is 1.11 bits per heavy atom. The Morgan fingerprint density at radius 3 is 2.52 bits per heavy atom. The number of halogens is 1. The van der Waals surface area contributed by atoms with Crippen LogP contribution in [0.15, 0.2) is 48.7 Å². The first kappa shape index (κ1) is 18.9. The molecule has 3 rings (SSSR count). The SMILES string of the molecule is Cn1nc(-c2ccccn2)cc1C(=O)Nc1cc(Cl)cc(NS(C)(=O)=O)c1. The van der Waals surface area contributed by atoms with Gasteiger partial charge in [-0.1, -0.05) is 17.7 Å². The third kappa shape index (κ3) is 4.83. The molecular formula is C17H16ClN5O3S. The molecule has 0 saturated carbocycles. The maximum Gasteiger partial charge on any atom is 0.273 e. The van der Waals surface area contributed by atoms with Crippen LogP contribution in [0, 0.1) is 0 Å². The highest BCUT2D eigenvalue weighted by Crippen LogP contribution is 2.24. The molecule has 0 aliphatic rings. The van der Waals surface area contributed by atoms with E-state index < -0.39 is 15.9 Å². The number of aryl methyl sites for hydroxylation is 1. The number of aromatic nitrogens is 3. The van der Waals surface area contributed by atoms with Gasteiger partial charge in [0.05, 0.1) is 17.6 Å². The summed E-state index contributed by atoms with van der Waals surface area (Å²) in [5, 5.41) is 7.27. The minimum Gasteiger partial charge on any atom is -0.321 e. The van der Waals surface area contributed by atoms with Crippen LogP contribution in [-0.4, -0.2) is 35.3 Å². The highest BCUT2D eigenvalue weighted by atomic mass is 35.5. The number of pyridine rings is 1. The highest BCUT2D eigenvalue weighted by Gasteiger charge is 2.16. The molecule has 0 radical (unpaired) electrons. The van der Waals surface area contributed by atoms with Gasteiger partial charge in [-0.25, -0.2) is 8.42 Å². The Balaban J connectivity index is 1.85. The smallest absolute Gasteiger partial charge is 0.273 e. The number of rotatable bonds is 5. The Labute approximate surface area is 161 Å². The van der Waals surface area contributed by atoms with E-state index in [4.69, 9.17) is 11.6 Å². The number of carbonyl (C=O) groups excluding carboxylic acids is 1. The molecule has 0 bridgehead atoms. The molecule has 0 atom stereocenters. The van der Waals surface area contributed by atoms with Crippen molar-refractivity contribution in [2.24, 2.45) is 7.05 Å². The lowest BCUT2D eigenvalue weighted by Crippen LogP contribution is -2.16. The van der Waals surface area contributed by atoms with E-state index in [0.29, 0.717) is 22.8 Å². The second kappa shape index (κ2) is 7.37. The standard InChI is InChI=1S/C17H16ClN5O3S/c1-23-16(10-15(21-23)14-5-3-4-6-19-14)17(24)20-12-7-11(18)8-13(9-12)22-27(2,25)26/h3-10,22H,1-2H3,(H,20,24). The van der Waals surface area contributed by atoms with E-state index in [-0.39, 0.29) is 10.7 Å². The zero-order valence-corrected chi connectivity index (χ0v) is 16.0. The van der Waals surface area contributed by atoms with E-state index >= 15 is 0 Å². The molecule has 1 amide bonds. The molecule has 0 spiro atoms. The Hall–Kier alpha value is -2.91. The van der Waals surface area contributed by atoms with Crippen LogP contribution >= 0.6 is 11.6 Å². The number of sulfonamides is 1. The molecule has 1 aromatic carbocycles. The molecule has 2 N–H and O–H groups in total. The Kier molecular flexibility index (Phi) is 5.15. The van der Waals surface area contributed by atoms with E-state index in [9.17, 15) is 13.2 Å². The van der Waals surface area contributed by atoms with E-state index in [1.54, 1.807) is 31.4 Å². The number of carbonyl (C=O) groups is 1. The number of hydrogen-bond donors (Lipinski definition) is 2. The molecule has 8 nitrogen and oxygen atoms in total. The molecule has 3 aromatic rings. The van der Waals surface area contributed by atoms with Gasteiger partial charge in [-0.05, 0) is 36.4 Å². The lowest BCUT2D eigenvalue weighted by molar-refractivity contribution is 0.101. The lowest BCUT2D eigenvalue weighted by atomic mass is 10.2. The van der Waals surface area contributed by atoms with Crippen molar-refractivity contribution < 1.29 is 13.2 Å². The summed E-state index contributed by atoms with van der Waals surface area (Å²) in [5.41, 5.74) is 2.12. The molecule has 0 fully saturated rings. The molecular weight excluding hydrogens is 390 g/mol. The second-order valence-electron chi connectivity index (χ2n) is 5.81. The van der Waals surface area contributed by atoms with Gasteiger partial charge in [-0.2, -0.15) is 5.10 Å². The summed E-state index contributed by atoms with van der Waals surface area (Å²) in [6, 6.07) is 11.5. The van der Waals surface area contributed by atoms with Gasteiger partial charge in [0.25, 0.3) is 5.91 Å². The summed E-state index contributed by atoms with van der Waals surface area (Å²) in [4.78, 5) is 16.8. The van der Waals surface area contributed by atoms with E-state index in [2.05, 4.69) is 20.1 Å². The van der Waals surface area contributed by atoms with E-state index in [1.807, 2.05) is 6.07 Å². The predicted octanol–water partition coefficient (Wildman–Crippen LogP) is 2.76. The Bertz CT molecular complexity index is 1100. The van der Waals surface area contributed by atoms with Gasteiger partial charge in [-0.3, -0.25) is 19.2 Å². The summed E-state index contributed by atoms with van der Waals surface area (Å²) < 4.78 is 26.5. The van der Waals surface area contributed by atoms with Crippen molar-refractivity contribution in [3.63, 3.8) is 0 Å². The average Bonchev–Trinajstić information content (AvgIpc) is 2.95. The van der Waals surface area contributed by atoms with E-state index in [1.165, 1.54) is 22.9 Å². The first-order valence-corrected chi connectivity index (χ1v) is 10.0. The summed E-state index contributed by atoms with van der Waals surface area (Å²) in [6.45, 7) is 0. The number of benzene rings is 1. The van der Waals surface area contributed by atoms with Crippen LogP contribution in [0.1, 0.15) is 10.5 Å². The van der Waals surface area contributed by atoms with E-state index in [0.717, 1.165) is 6.26 Å². The van der Waals surface area contributed by atoms with Crippen molar-refractivity contribution in [2.45, 2.75) is 0 Å². The van der Waals surface area contributed by atoms with Crippen molar-refractivity contribution >= 4 is 38.9 Å². The van der Waals surface area contributed by atoms with Crippen LogP contribution in [0.5, 0.6) is 0 Å². The van der Waals surface area contributed by atoms with Gasteiger partial charge in [-0.15, -0.1) is 0 Å². The third-order valence-corrected chi connectivity index (χ3v) is 4.32. The van der Waals surface area contributed by atoms with Crippen LogP contribution in [0.2, 0.25) is 5.02 Å². The maximum atomic E-state index is 12.6. The monoisotopic (exact) mass is 405 g/mol. The molecule has 2 aromatic heterocycles. The van der Waals surface area contributed by atoms with Gasteiger partial charge in [0.15, 0.2) is 0 Å². The molecule has 2 heterocycles. The van der Waals surface area contributed by atoms with Gasteiger partial charge in [0.1, 0.15) is 11.4 Å². The van der Waals surface area contributed by atoms with Crippen LogP contribution in [0.4, 0.5) is 11.4 Å².